The Hall–Kier alpha value is -2.17. The lowest BCUT2D eigenvalue weighted by molar-refractivity contribution is -0.128. The molecule has 0 aliphatic rings. The molecule has 0 heterocycles. The van der Waals surface area contributed by atoms with Crippen LogP contribution in [-0.2, 0) is 11.2 Å². The van der Waals surface area contributed by atoms with Crippen molar-refractivity contribution in [3.63, 3.8) is 0 Å². The zero-order valence-electron chi connectivity index (χ0n) is 17.0. The monoisotopic (exact) mass is 414 g/mol. The number of aryl methyl sites for hydroxylation is 1. The summed E-state index contributed by atoms with van der Waals surface area (Å²) in [5.74, 6) is -1.00. The normalized spacial score (nSPS) is 15.2. The number of ether oxygens (including phenoxy) is 2. The lowest BCUT2D eigenvalue weighted by Crippen LogP contribution is -2.49. The molecule has 9 heteroatoms. The van der Waals surface area contributed by atoms with Crippen LogP contribution in [-0.4, -0.2) is 81.3 Å². The van der Waals surface area contributed by atoms with Gasteiger partial charge in [-0.15, -0.1) is 0 Å². The summed E-state index contributed by atoms with van der Waals surface area (Å²) >= 11 is 0. The second-order valence-electron chi connectivity index (χ2n) is 6.95. The molecule has 0 aliphatic heterocycles. The number of rotatable bonds is 10. The molecule has 4 atom stereocenters. The van der Waals surface area contributed by atoms with Crippen molar-refractivity contribution in [2.45, 2.75) is 51.6 Å². The van der Waals surface area contributed by atoms with Crippen molar-refractivity contribution in [2.24, 2.45) is 0 Å². The molecule has 0 bridgehead atoms. The maximum atomic E-state index is 12.8. The Bertz CT molecular complexity index is 725. The molecule has 6 N–H and O–H groups in total. The number of allylic oxidation sites excluding steroid dienone is 2. The van der Waals surface area contributed by atoms with Crippen LogP contribution in [0.25, 0.3) is 0 Å². The number of aromatic hydroxyl groups is 1. The maximum Gasteiger partial charge on any atom is 0.342 e. The molecule has 0 radical (unpaired) electrons. The molecule has 1 aromatic carbocycles. The SMILES string of the molecule is COc1c(CC=C(C)C)c(O)cc(C)c1C(=O)OC(C(O)CO)C(O)C(O)CO. The highest BCUT2D eigenvalue weighted by Crippen LogP contribution is 2.36. The number of phenols is 1. The summed E-state index contributed by atoms with van der Waals surface area (Å²) in [6, 6.07) is 1.36. The zero-order chi connectivity index (χ0) is 22.3. The first-order valence-corrected chi connectivity index (χ1v) is 9.08. The van der Waals surface area contributed by atoms with Crippen LogP contribution in [0, 0.1) is 6.92 Å². The number of carbonyl (C=O) groups is 1. The van der Waals surface area contributed by atoms with Crippen LogP contribution in [0.3, 0.4) is 0 Å². The van der Waals surface area contributed by atoms with Gasteiger partial charge in [0.25, 0.3) is 0 Å². The largest absolute Gasteiger partial charge is 0.508 e. The van der Waals surface area contributed by atoms with Crippen LogP contribution < -0.4 is 4.74 Å². The second-order valence-corrected chi connectivity index (χ2v) is 6.95. The van der Waals surface area contributed by atoms with Crippen molar-refractivity contribution in [1.82, 2.24) is 0 Å². The molecular weight excluding hydrogens is 384 g/mol. The number of phenolic OH excluding ortho intramolecular Hbond substituents is 1. The van der Waals surface area contributed by atoms with Crippen molar-refractivity contribution in [1.29, 1.82) is 0 Å². The summed E-state index contributed by atoms with van der Waals surface area (Å²) in [5, 5.41) is 58.1. The molecule has 0 amide bonds. The van der Waals surface area contributed by atoms with Crippen LogP contribution >= 0.6 is 0 Å². The molecule has 0 saturated carbocycles. The smallest absolute Gasteiger partial charge is 0.342 e. The van der Waals surface area contributed by atoms with Gasteiger partial charge in [0.05, 0.1) is 20.3 Å². The summed E-state index contributed by atoms with van der Waals surface area (Å²) in [7, 11) is 1.32. The highest BCUT2D eigenvalue weighted by Gasteiger charge is 2.36. The van der Waals surface area contributed by atoms with E-state index in [0.29, 0.717) is 11.1 Å². The van der Waals surface area contributed by atoms with E-state index in [9.17, 15) is 30.3 Å². The van der Waals surface area contributed by atoms with E-state index >= 15 is 0 Å². The average molecular weight is 414 g/mol. The van der Waals surface area contributed by atoms with Gasteiger partial charge in [-0.25, -0.2) is 4.79 Å². The third-order valence-corrected chi connectivity index (χ3v) is 4.41. The number of hydrogen-bond donors (Lipinski definition) is 6. The zero-order valence-corrected chi connectivity index (χ0v) is 17.0. The van der Waals surface area contributed by atoms with Crippen LogP contribution in [0.1, 0.15) is 35.3 Å². The van der Waals surface area contributed by atoms with Crippen LogP contribution in [0.2, 0.25) is 0 Å². The number of benzene rings is 1. The Kier molecular flexibility index (Phi) is 9.54. The van der Waals surface area contributed by atoms with E-state index in [4.69, 9.17) is 14.6 Å². The first kappa shape index (κ1) is 24.9. The molecule has 0 spiro atoms. The second kappa shape index (κ2) is 11.1. The van der Waals surface area contributed by atoms with Crippen LogP contribution in [0.4, 0.5) is 0 Å². The lowest BCUT2D eigenvalue weighted by atomic mass is 9.98. The summed E-state index contributed by atoms with van der Waals surface area (Å²) in [6.45, 7) is 3.59. The fourth-order valence-electron chi connectivity index (χ4n) is 2.78. The molecule has 0 aromatic heterocycles. The summed E-state index contributed by atoms with van der Waals surface area (Å²) in [5.41, 5.74) is 1.62. The van der Waals surface area contributed by atoms with Crippen LogP contribution in [0.5, 0.6) is 11.5 Å². The summed E-state index contributed by atoms with van der Waals surface area (Å²) in [4.78, 5) is 12.8. The van der Waals surface area contributed by atoms with Crippen molar-refractivity contribution in [3.05, 3.63) is 34.4 Å². The highest BCUT2D eigenvalue weighted by atomic mass is 16.6. The van der Waals surface area contributed by atoms with Gasteiger partial charge >= 0.3 is 5.97 Å². The number of esters is 1. The van der Waals surface area contributed by atoms with Gasteiger partial charge in [0.1, 0.15) is 35.4 Å². The van der Waals surface area contributed by atoms with E-state index in [-0.39, 0.29) is 23.5 Å². The first-order valence-electron chi connectivity index (χ1n) is 9.08. The minimum Gasteiger partial charge on any atom is -0.508 e. The Labute approximate surface area is 169 Å². The topological polar surface area (TPSA) is 157 Å². The van der Waals surface area contributed by atoms with E-state index in [1.54, 1.807) is 6.92 Å². The van der Waals surface area contributed by atoms with E-state index < -0.39 is 43.6 Å². The van der Waals surface area contributed by atoms with Gasteiger partial charge in [-0.2, -0.15) is 0 Å². The van der Waals surface area contributed by atoms with Gasteiger partial charge in [-0.3, -0.25) is 0 Å². The minimum absolute atomic E-state index is 0.0386. The molecule has 4 unspecified atom stereocenters. The number of hydrogen-bond acceptors (Lipinski definition) is 9. The molecule has 0 fully saturated rings. The number of aliphatic hydroxyl groups excluding tert-OH is 5. The Balaban J connectivity index is 3.38. The maximum absolute atomic E-state index is 12.8. The Morgan fingerprint density at radius 3 is 2.21 bits per heavy atom. The van der Waals surface area contributed by atoms with Gasteiger partial charge in [0.15, 0.2) is 6.10 Å². The van der Waals surface area contributed by atoms with E-state index in [2.05, 4.69) is 0 Å². The standard InChI is InChI=1S/C20H30O9/c1-10(2)5-6-12-13(23)7-11(3)16(18(12)28-4)20(27)29-19(15(25)9-22)17(26)14(24)8-21/h5,7,14-15,17,19,21-26H,6,8-9H2,1-4H3. The van der Waals surface area contributed by atoms with E-state index in [1.807, 2.05) is 19.9 Å². The predicted molar refractivity (Wildman–Crippen MR) is 104 cm³/mol. The number of aliphatic hydroxyl groups is 5. The molecule has 0 saturated heterocycles. The van der Waals surface area contributed by atoms with Gasteiger partial charge in [0.2, 0.25) is 0 Å². The Morgan fingerprint density at radius 1 is 1.14 bits per heavy atom. The number of methoxy groups -OCH3 is 1. The first-order chi connectivity index (χ1) is 13.6. The lowest BCUT2D eigenvalue weighted by Gasteiger charge is -2.29. The predicted octanol–water partition coefficient (Wildman–Crippen LogP) is -0.189. The fraction of sp³-hybridized carbons (Fsp3) is 0.550. The third kappa shape index (κ3) is 6.15. The molecule has 164 valence electrons. The highest BCUT2D eigenvalue weighted by molar-refractivity contribution is 5.95. The molecule has 1 rings (SSSR count). The summed E-state index contributed by atoms with van der Waals surface area (Å²) in [6.07, 6.45) is -4.85. The Morgan fingerprint density at radius 2 is 1.72 bits per heavy atom. The van der Waals surface area contributed by atoms with E-state index in [1.165, 1.54) is 13.2 Å². The van der Waals surface area contributed by atoms with Gasteiger partial charge in [0, 0.05) is 5.56 Å². The van der Waals surface area contributed by atoms with Crippen molar-refractivity contribution in [3.8, 4) is 11.5 Å². The summed E-state index contributed by atoms with van der Waals surface area (Å²) < 4.78 is 10.5. The average Bonchev–Trinajstić information content (AvgIpc) is 2.68. The van der Waals surface area contributed by atoms with Gasteiger partial charge < -0.3 is 40.1 Å². The van der Waals surface area contributed by atoms with Crippen LogP contribution in [0.15, 0.2) is 17.7 Å². The fourth-order valence-corrected chi connectivity index (χ4v) is 2.78. The van der Waals surface area contributed by atoms with Gasteiger partial charge in [-0.1, -0.05) is 11.6 Å². The van der Waals surface area contributed by atoms with Crippen molar-refractivity contribution in [2.75, 3.05) is 20.3 Å². The van der Waals surface area contributed by atoms with E-state index in [0.717, 1.165) is 5.57 Å². The van der Waals surface area contributed by atoms with Crippen molar-refractivity contribution >= 4 is 5.97 Å². The van der Waals surface area contributed by atoms with Gasteiger partial charge in [-0.05, 0) is 38.8 Å². The molecular formula is C20H30O9. The van der Waals surface area contributed by atoms with Crippen molar-refractivity contribution < 1.29 is 44.9 Å². The molecule has 0 aliphatic carbocycles. The third-order valence-electron chi connectivity index (χ3n) is 4.41. The molecule has 9 nitrogen and oxygen atoms in total. The molecule has 1 aromatic rings. The quantitative estimate of drug-likeness (QED) is 0.225. The minimum atomic E-state index is -1.85. The number of carbonyl (C=O) groups excluding carboxylic acids is 1. The molecule has 29 heavy (non-hydrogen) atoms.